The standard InChI is InChI=1S/C25H22ClN5O/c26-22-14-11-19(12-15-22)13-16-23(32)31-25(28-18-21-9-5-2-6-10-21)29-24(30-31)27-17-20-7-3-1-4-8-20/h1-16H,17-18H2,(H2,27,28,29,30)/b16-13+. The van der Waals surface area contributed by atoms with Gasteiger partial charge in [0.1, 0.15) is 0 Å². The second-order valence-electron chi connectivity index (χ2n) is 7.07. The van der Waals surface area contributed by atoms with E-state index in [4.69, 9.17) is 11.6 Å². The zero-order valence-corrected chi connectivity index (χ0v) is 18.0. The molecule has 0 aliphatic rings. The highest BCUT2D eigenvalue weighted by Gasteiger charge is 2.14. The number of carbonyl (C=O) groups is 1. The van der Waals surface area contributed by atoms with E-state index in [1.54, 1.807) is 18.2 Å². The Morgan fingerprint density at radius 1 is 0.844 bits per heavy atom. The number of nitrogens with one attached hydrogen (secondary N) is 2. The number of hydrogen-bond donors (Lipinski definition) is 2. The third-order valence-corrected chi connectivity index (χ3v) is 4.94. The van der Waals surface area contributed by atoms with Crippen LogP contribution in [0.25, 0.3) is 6.08 Å². The number of allylic oxidation sites excluding steroid dienone is 1. The Hall–Kier alpha value is -3.90. The normalized spacial score (nSPS) is 10.9. The molecule has 4 aromatic rings. The molecule has 7 heteroatoms. The lowest BCUT2D eigenvalue weighted by molar-refractivity contribution is 0.0957. The molecular weight excluding hydrogens is 422 g/mol. The van der Waals surface area contributed by atoms with Gasteiger partial charge in [-0.25, -0.2) is 0 Å². The topological polar surface area (TPSA) is 71.8 Å². The van der Waals surface area contributed by atoms with Crippen molar-refractivity contribution in [3.05, 3.63) is 113 Å². The molecule has 1 aromatic heterocycles. The quantitative estimate of drug-likeness (QED) is 0.351. The summed E-state index contributed by atoms with van der Waals surface area (Å²) in [4.78, 5) is 17.4. The maximum Gasteiger partial charge on any atom is 0.274 e. The first kappa shape index (κ1) is 21.3. The summed E-state index contributed by atoms with van der Waals surface area (Å²) >= 11 is 5.92. The van der Waals surface area contributed by atoms with Crippen LogP contribution in [0.1, 0.15) is 21.5 Å². The average Bonchev–Trinajstić information content (AvgIpc) is 3.25. The third-order valence-electron chi connectivity index (χ3n) is 4.69. The van der Waals surface area contributed by atoms with Crippen LogP contribution >= 0.6 is 11.6 Å². The average molecular weight is 444 g/mol. The van der Waals surface area contributed by atoms with Gasteiger partial charge in [0.25, 0.3) is 5.91 Å². The van der Waals surface area contributed by atoms with Crippen LogP contribution in [0, 0.1) is 0 Å². The fraction of sp³-hybridized carbons (Fsp3) is 0.0800. The van der Waals surface area contributed by atoms with Crippen LogP contribution in [0.2, 0.25) is 5.02 Å². The lowest BCUT2D eigenvalue weighted by atomic mass is 10.2. The summed E-state index contributed by atoms with van der Waals surface area (Å²) in [5.74, 6) is 0.434. The molecule has 0 saturated carbocycles. The van der Waals surface area contributed by atoms with E-state index in [1.165, 1.54) is 10.8 Å². The van der Waals surface area contributed by atoms with Crippen LogP contribution in [-0.4, -0.2) is 20.7 Å². The van der Waals surface area contributed by atoms with Gasteiger partial charge in [-0.15, -0.1) is 5.10 Å². The molecule has 0 aliphatic heterocycles. The Kier molecular flexibility index (Phi) is 6.94. The summed E-state index contributed by atoms with van der Waals surface area (Å²) in [6.45, 7) is 1.07. The molecule has 6 nitrogen and oxygen atoms in total. The van der Waals surface area contributed by atoms with Gasteiger partial charge in [-0.1, -0.05) is 84.4 Å². The summed E-state index contributed by atoms with van der Waals surface area (Å²) in [7, 11) is 0. The van der Waals surface area contributed by atoms with Gasteiger partial charge >= 0.3 is 0 Å². The molecular formula is C25H22ClN5O. The maximum absolute atomic E-state index is 12.9. The molecule has 2 N–H and O–H groups in total. The number of carbonyl (C=O) groups excluding carboxylic acids is 1. The van der Waals surface area contributed by atoms with Crippen molar-refractivity contribution < 1.29 is 4.79 Å². The van der Waals surface area contributed by atoms with E-state index in [-0.39, 0.29) is 5.91 Å². The predicted molar refractivity (Wildman–Crippen MR) is 129 cm³/mol. The lowest BCUT2D eigenvalue weighted by Gasteiger charge is -2.05. The van der Waals surface area contributed by atoms with Crippen LogP contribution in [0.4, 0.5) is 11.9 Å². The van der Waals surface area contributed by atoms with E-state index < -0.39 is 0 Å². The van der Waals surface area contributed by atoms with Gasteiger partial charge in [-0.2, -0.15) is 9.67 Å². The molecule has 0 unspecified atom stereocenters. The fourth-order valence-corrected chi connectivity index (χ4v) is 3.15. The first-order valence-corrected chi connectivity index (χ1v) is 10.6. The van der Waals surface area contributed by atoms with Crippen molar-refractivity contribution in [2.24, 2.45) is 0 Å². The highest BCUT2D eigenvalue weighted by Crippen LogP contribution is 2.14. The first-order valence-electron chi connectivity index (χ1n) is 10.2. The van der Waals surface area contributed by atoms with Gasteiger partial charge in [0.05, 0.1) is 0 Å². The van der Waals surface area contributed by atoms with Gasteiger partial charge in [-0.05, 0) is 34.9 Å². The largest absolute Gasteiger partial charge is 0.350 e. The molecule has 0 atom stereocenters. The van der Waals surface area contributed by atoms with E-state index >= 15 is 0 Å². The van der Waals surface area contributed by atoms with Gasteiger partial charge in [-0.3, -0.25) is 4.79 Å². The van der Waals surface area contributed by atoms with Gasteiger partial charge < -0.3 is 10.6 Å². The molecule has 0 saturated heterocycles. The molecule has 32 heavy (non-hydrogen) atoms. The predicted octanol–water partition coefficient (Wildman–Crippen LogP) is 5.51. The molecule has 0 amide bonds. The summed E-state index contributed by atoms with van der Waals surface area (Å²) in [5.41, 5.74) is 3.03. The van der Waals surface area contributed by atoms with E-state index in [0.717, 1.165) is 16.7 Å². The number of hydrogen-bond acceptors (Lipinski definition) is 5. The second-order valence-corrected chi connectivity index (χ2v) is 7.51. The van der Waals surface area contributed by atoms with Gasteiger partial charge in [0.2, 0.25) is 11.9 Å². The Morgan fingerprint density at radius 3 is 2.06 bits per heavy atom. The SMILES string of the molecule is O=C(/C=C/c1ccc(Cl)cc1)n1nc(NCc2ccccc2)nc1NCc1ccccc1. The number of rotatable bonds is 8. The molecule has 3 aromatic carbocycles. The highest BCUT2D eigenvalue weighted by atomic mass is 35.5. The molecule has 1 heterocycles. The minimum Gasteiger partial charge on any atom is -0.350 e. The molecule has 4 rings (SSSR count). The second kappa shape index (κ2) is 10.4. The van der Waals surface area contributed by atoms with Crippen LogP contribution < -0.4 is 10.6 Å². The Labute approximate surface area is 191 Å². The molecule has 0 radical (unpaired) electrons. The zero-order chi connectivity index (χ0) is 22.2. The van der Waals surface area contributed by atoms with Crippen LogP contribution in [0.5, 0.6) is 0 Å². The number of halogens is 1. The minimum atomic E-state index is -0.309. The van der Waals surface area contributed by atoms with E-state index in [2.05, 4.69) is 20.7 Å². The Bertz CT molecular complexity index is 1190. The van der Waals surface area contributed by atoms with Crippen molar-refractivity contribution in [2.75, 3.05) is 10.6 Å². The summed E-state index contributed by atoms with van der Waals surface area (Å²) in [5, 5.41) is 11.4. The highest BCUT2D eigenvalue weighted by molar-refractivity contribution is 6.30. The van der Waals surface area contributed by atoms with Gasteiger partial charge in [0, 0.05) is 24.2 Å². The molecule has 0 spiro atoms. The van der Waals surface area contributed by atoms with Crippen molar-refractivity contribution in [1.82, 2.24) is 14.8 Å². The van der Waals surface area contributed by atoms with Crippen molar-refractivity contribution in [3.63, 3.8) is 0 Å². The number of aromatic nitrogens is 3. The van der Waals surface area contributed by atoms with Crippen LogP contribution in [0.3, 0.4) is 0 Å². The maximum atomic E-state index is 12.9. The van der Waals surface area contributed by atoms with Crippen LogP contribution in [-0.2, 0) is 13.1 Å². The molecule has 0 aliphatic carbocycles. The summed E-state index contributed by atoms with van der Waals surface area (Å²) in [6.07, 6.45) is 3.19. The van der Waals surface area contributed by atoms with Gasteiger partial charge in [0.15, 0.2) is 0 Å². The van der Waals surface area contributed by atoms with Crippen molar-refractivity contribution in [1.29, 1.82) is 0 Å². The van der Waals surface area contributed by atoms with Crippen molar-refractivity contribution >= 4 is 35.5 Å². The van der Waals surface area contributed by atoms with Crippen molar-refractivity contribution in [2.45, 2.75) is 13.1 Å². The third kappa shape index (κ3) is 5.83. The minimum absolute atomic E-state index is 0.309. The lowest BCUT2D eigenvalue weighted by Crippen LogP contribution is -2.14. The summed E-state index contributed by atoms with van der Waals surface area (Å²) < 4.78 is 1.27. The summed E-state index contributed by atoms with van der Waals surface area (Å²) in [6, 6.07) is 27.1. The zero-order valence-electron chi connectivity index (χ0n) is 17.3. The van der Waals surface area contributed by atoms with Crippen molar-refractivity contribution in [3.8, 4) is 0 Å². The number of nitrogens with zero attached hydrogens (tertiary/aromatic N) is 3. The first-order chi connectivity index (χ1) is 15.7. The molecule has 0 fully saturated rings. The Morgan fingerprint density at radius 2 is 1.44 bits per heavy atom. The van der Waals surface area contributed by atoms with E-state index in [1.807, 2.05) is 72.8 Å². The fourth-order valence-electron chi connectivity index (χ4n) is 3.02. The smallest absolute Gasteiger partial charge is 0.274 e. The number of anilines is 2. The molecule has 0 bridgehead atoms. The number of benzene rings is 3. The van der Waals surface area contributed by atoms with E-state index in [0.29, 0.717) is 30.0 Å². The molecule has 160 valence electrons. The Balaban J connectivity index is 1.52. The monoisotopic (exact) mass is 443 g/mol. The van der Waals surface area contributed by atoms with E-state index in [9.17, 15) is 4.79 Å². The van der Waals surface area contributed by atoms with Crippen LogP contribution in [0.15, 0.2) is 91.0 Å².